The highest BCUT2D eigenvalue weighted by Crippen LogP contribution is 2.23. The topological polar surface area (TPSA) is 44.8 Å². The van der Waals surface area contributed by atoms with Crippen LogP contribution in [0.1, 0.15) is 11.3 Å². The van der Waals surface area contributed by atoms with Crippen molar-refractivity contribution >= 4 is 16.7 Å². The lowest BCUT2D eigenvalue weighted by Crippen LogP contribution is -2.16. The van der Waals surface area contributed by atoms with Gasteiger partial charge in [0.1, 0.15) is 0 Å². The van der Waals surface area contributed by atoms with Crippen LogP contribution in [0.3, 0.4) is 0 Å². The lowest BCUT2D eigenvalue weighted by Gasteiger charge is -2.16. The molecule has 0 amide bonds. The van der Waals surface area contributed by atoms with E-state index in [1.807, 2.05) is 32.3 Å². The number of rotatable bonds is 3. The summed E-state index contributed by atoms with van der Waals surface area (Å²) in [5.41, 5.74) is 3.29. The number of anilines is 1. The molecule has 4 heteroatoms. The molecule has 3 rings (SSSR count). The number of benzene rings is 1. The van der Waals surface area contributed by atoms with E-state index in [-0.39, 0.29) is 0 Å². The third kappa shape index (κ3) is 2.29. The highest BCUT2D eigenvalue weighted by atomic mass is 15.3. The van der Waals surface area contributed by atoms with Crippen molar-refractivity contribution in [3.8, 4) is 0 Å². The van der Waals surface area contributed by atoms with Crippen LogP contribution < -0.4 is 4.90 Å². The number of fused-ring (bicyclic) bond motifs is 1. The minimum absolute atomic E-state index is 0.828. The summed E-state index contributed by atoms with van der Waals surface area (Å²) in [6.45, 7) is 2.81. The van der Waals surface area contributed by atoms with Crippen LogP contribution in [-0.4, -0.2) is 22.2 Å². The van der Waals surface area contributed by atoms with E-state index >= 15 is 0 Å². The van der Waals surface area contributed by atoms with E-state index in [0.29, 0.717) is 0 Å². The van der Waals surface area contributed by atoms with E-state index in [0.717, 1.165) is 29.0 Å². The van der Waals surface area contributed by atoms with E-state index in [1.54, 1.807) is 0 Å². The van der Waals surface area contributed by atoms with Crippen molar-refractivity contribution in [3.63, 3.8) is 0 Å². The first-order valence-corrected chi connectivity index (χ1v) is 6.30. The quantitative estimate of drug-likeness (QED) is 0.779. The third-order valence-corrected chi connectivity index (χ3v) is 3.19. The van der Waals surface area contributed by atoms with Gasteiger partial charge in [-0.2, -0.15) is 5.10 Å². The van der Waals surface area contributed by atoms with Crippen LogP contribution in [0.25, 0.3) is 10.9 Å². The van der Waals surface area contributed by atoms with Crippen LogP contribution in [0, 0.1) is 6.92 Å². The molecule has 0 fully saturated rings. The Hall–Kier alpha value is -2.36. The molecule has 0 aliphatic carbocycles. The Balaban J connectivity index is 1.91. The van der Waals surface area contributed by atoms with Crippen LogP contribution in [0.2, 0.25) is 0 Å². The van der Waals surface area contributed by atoms with Crippen molar-refractivity contribution in [3.05, 3.63) is 53.9 Å². The number of hydrogen-bond acceptors (Lipinski definition) is 3. The second-order valence-corrected chi connectivity index (χ2v) is 4.76. The Morgan fingerprint density at radius 2 is 2.00 bits per heavy atom. The predicted octanol–water partition coefficient (Wildman–Crippen LogP) is 2.90. The summed E-state index contributed by atoms with van der Waals surface area (Å²) in [6, 6.07) is 12.4. The van der Waals surface area contributed by atoms with Crippen LogP contribution in [0.4, 0.5) is 5.82 Å². The van der Waals surface area contributed by atoms with E-state index in [4.69, 9.17) is 0 Å². The number of aryl methyl sites for hydroxylation is 1. The molecule has 2 aromatic heterocycles. The van der Waals surface area contributed by atoms with Crippen molar-refractivity contribution < 1.29 is 0 Å². The van der Waals surface area contributed by atoms with Gasteiger partial charge in [0.15, 0.2) is 5.82 Å². The zero-order valence-corrected chi connectivity index (χ0v) is 11.1. The van der Waals surface area contributed by atoms with Gasteiger partial charge >= 0.3 is 0 Å². The highest BCUT2D eigenvalue weighted by molar-refractivity contribution is 5.89. The van der Waals surface area contributed by atoms with Gasteiger partial charge in [0.2, 0.25) is 0 Å². The minimum atomic E-state index is 0.828. The Morgan fingerprint density at radius 3 is 2.79 bits per heavy atom. The van der Waals surface area contributed by atoms with E-state index in [2.05, 4.69) is 44.3 Å². The van der Waals surface area contributed by atoms with Crippen LogP contribution in [0.5, 0.6) is 0 Å². The first-order chi connectivity index (χ1) is 9.24. The Morgan fingerprint density at radius 1 is 1.21 bits per heavy atom. The molecule has 1 N–H and O–H groups in total. The molecular formula is C15H16N4. The zero-order valence-electron chi connectivity index (χ0n) is 11.1. The number of aromatic amines is 1. The number of aromatic nitrogens is 3. The molecule has 96 valence electrons. The van der Waals surface area contributed by atoms with Crippen LogP contribution >= 0.6 is 0 Å². The number of nitrogens with zero attached hydrogens (tertiary/aromatic N) is 3. The monoisotopic (exact) mass is 252 g/mol. The molecular weight excluding hydrogens is 236 g/mol. The van der Waals surface area contributed by atoms with Gasteiger partial charge in [-0.05, 0) is 18.6 Å². The summed E-state index contributed by atoms with van der Waals surface area (Å²) >= 11 is 0. The smallest absolute Gasteiger partial charge is 0.159 e. The molecule has 0 unspecified atom stereocenters. The molecule has 0 bridgehead atoms. The Bertz CT molecular complexity index is 688. The molecule has 0 aliphatic heterocycles. The molecule has 0 atom stereocenters. The molecule has 1 aromatic carbocycles. The first kappa shape index (κ1) is 11.7. The number of nitrogens with one attached hydrogen (secondary N) is 1. The van der Waals surface area contributed by atoms with Crippen molar-refractivity contribution in [1.82, 2.24) is 15.2 Å². The Kier molecular flexibility index (Phi) is 2.91. The van der Waals surface area contributed by atoms with Gasteiger partial charge < -0.3 is 4.90 Å². The fraction of sp³-hybridized carbons (Fsp3) is 0.200. The van der Waals surface area contributed by atoms with E-state index < -0.39 is 0 Å². The molecule has 0 saturated heterocycles. The molecule has 3 aromatic rings. The molecule has 0 saturated carbocycles. The molecule has 0 spiro atoms. The molecule has 0 aliphatic rings. The predicted molar refractivity (Wildman–Crippen MR) is 77.2 cm³/mol. The average Bonchev–Trinajstić information content (AvgIpc) is 2.82. The highest BCUT2D eigenvalue weighted by Gasteiger charge is 2.11. The maximum Gasteiger partial charge on any atom is 0.159 e. The van der Waals surface area contributed by atoms with Crippen molar-refractivity contribution in [2.75, 3.05) is 11.9 Å². The molecule has 4 nitrogen and oxygen atoms in total. The normalized spacial score (nSPS) is 10.8. The standard InChI is InChI=1S/C15H16N4/c1-11-8-14-13(9-16-11)15(18-17-14)19(2)10-12-6-4-3-5-7-12/h3-9H,10H2,1-2H3,(H,17,18). The number of H-pyrrole nitrogens is 1. The molecule has 0 radical (unpaired) electrons. The SMILES string of the molecule is Cc1cc2[nH]nc(N(C)Cc3ccccc3)c2cn1. The van der Waals surface area contributed by atoms with Gasteiger partial charge in [0.25, 0.3) is 0 Å². The summed E-state index contributed by atoms with van der Waals surface area (Å²) in [5.74, 6) is 0.936. The number of hydrogen-bond donors (Lipinski definition) is 1. The fourth-order valence-electron chi connectivity index (χ4n) is 2.23. The van der Waals surface area contributed by atoms with Gasteiger partial charge in [0, 0.05) is 25.5 Å². The van der Waals surface area contributed by atoms with E-state index in [1.165, 1.54) is 5.56 Å². The second-order valence-electron chi connectivity index (χ2n) is 4.76. The summed E-state index contributed by atoms with van der Waals surface area (Å²) in [5, 5.41) is 8.52. The summed E-state index contributed by atoms with van der Waals surface area (Å²) < 4.78 is 0. The third-order valence-electron chi connectivity index (χ3n) is 3.19. The Labute approximate surface area is 112 Å². The average molecular weight is 252 g/mol. The van der Waals surface area contributed by atoms with Gasteiger partial charge in [-0.15, -0.1) is 0 Å². The first-order valence-electron chi connectivity index (χ1n) is 6.30. The minimum Gasteiger partial charge on any atom is -0.353 e. The van der Waals surface area contributed by atoms with Crippen molar-refractivity contribution in [1.29, 1.82) is 0 Å². The molecule has 2 heterocycles. The zero-order chi connectivity index (χ0) is 13.2. The summed E-state index contributed by atoms with van der Waals surface area (Å²) in [6.07, 6.45) is 1.88. The maximum absolute atomic E-state index is 4.39. The second kappa shape index (κ2) is 4.72. The summed E-state index contributed by atoms with van der Waals surface area (Å²) in [7, 11) is 2.04. The fourth-order valence-corrected chi connectivity index (χ4v) is 2.23. The maximum atomic E-state index is 4.39. The molecule has 19 heavy (non-hydrogen) atoms. The van der Waals surface area contributed by atoms with Gasteiger partial charge in [-0.1, -0.05) is 30.3 Å². The largest absolute Gasteiger partial charge is 0.353 e. The van der Waals surface area contributed by atoms with E-state index in [9.17, 15) is 0 Å². The van der Waals surface area contributed by atoms with Crippen molar-refractivity contribution in [2.24, 2.45) is 0 Å². The summed E-state index contributed by atoms with van der Waals surface area (Å²) in [4.78, 5) is 6.47. The van der Waals surface area contributed by atoms with Crippen LogP contribution in [-0.2, 0) is 6.54 Å². The number of pyridine rings is 1. The van der Waals surface area contributed by atoms with Gasteiger partial charge in [-0.3, -0.25) is 10.1 Å². The van der Waals surface area contributed by atoms with Gasteiger partial charge in [0.05, 0.1) is 10.9 Å². The van der Waals surface area contributed by atoms with Gasteiger partial charge in [-0.25, -0.2) is 0 Å². The lowest BCUT2D eigenvalue weighted by molar-refractivity contribution is 0.891. The van der Waals surface area contributed by atoms with Crippen LogP contribution in [0.15, 0.2) is 42.6 Å². The lowest BCUT2D eigenvalue weighted by atomic mass is 10.2. The van der Waals surface area contributed by atoms with Crippen molar-refractivity contribution in [2.45, 2.75) is 13.5 Å².